The maximum absolute atomic E-state index is 12.2. The summed E-state index contributed by atoms with van der Waals surface area (Å²) >= 11 is 0. The molecule has 0 spiro atoms. The number of amides is 1. The standard InChI is InChI=1S/C21H21N3O4/c1-13-4-8-17(9-5-13)24-19(10-15(3)23-24)22-20(26)12-28-21(27)16-7-6-14(2)18(25)11-16/h4-11,25H,12H2,1-3H3,(H,22,26). The molecule has 0 bridgehead atoms. The van der Waals surface area contributed by atoms with Gasteiger partial charge < -0.3 is 15.2 Å². The number of phenols is 1. The molecule has 1 aromatic heterocycles. The number of carbonyl (C=O) groups is 2. The van der Waals surface area contributed by atoms with Gasteiger partial charge in [-0.3, -0.25) is 4.79 Å². The minimum absolute atomic E-state index is 0.00336. The third-order valence-electron chi connectivity index (χ3n) is 4.16. The highest BCUT2D eigenvalue weighted by molar-refractivity contribution is 5.95. The third-order valence-corrected chi connectivity index (χ3v) is 4.16. The molecule has 2 aromatic carbocycles. The molecule has 2 N–H and O–H groups in total. The molecule has 1 amide bonds. The molecule has 0 saturated carbocycles. The van der Waals surface area contributed by atoms with Crippen LogP contribution < -0.4 is 5.32 Å². The highest BCUT2D eigenvalue weighted by Gasteiger charge is 2.14. The molecular formula is C21H21N3O4. The maximum Gasteiger partial charge on any atom is 0.338 e. The second kappa shape index (κ2) is 7.96. The molecule has 7 nitrogen and oxygen atoms in total. The molecule has 0 aliphatic rings. The number of hydrogen-bond donors (Lipinski definition) is 2. The Kier molecular flexibility index (Phi) is 5.44. The molecule has 0 atom stereocenters. The molecule has 28 heavy (non-hydrogen) atoms. The van der Waals surface area contributed by atoms with E-state index < -0.39 is 18.5 Å². The van der Waals surface area contributed by atoms with Crippen molar-refractivity contribution in [3.8, 4) is 11.4 Å². The molecule has 0 unspecified atom stereocenters. The second-order valence-corrected chi connectivity index (χ2v) is 6.54. The Labute approximate surface area is 162 Å². The number of benzene rings is 2. The van der Waals surface area contributed by atoms with E-state index in [0.717, 1.165) is 16.9 Å². The van der Waals surface area contributed by atoms with E-state index in [9.17, 15) is 14.7 Å². The maximum atomic E-state index is 12.2. The van der Waals surface area contributed by atoms with Crippen LogP contribution >= 0.6 is 0 Å². The van der Waals surface area contributed by atoms with Crippen molar-refractivity contribution in [2.45, 2.75) is 20.8 Å². The number of aromatic nitrogens is 2. The summed E-state index contributed by atoms with van der Waals surface area (Å²) in [7, 11) is 0. The Balaban J connectivity index is 1.66. The first kappa shape index (κ1) is 19.2. The number of nitrogens with one attached hydrogen (secondary N) is 1. The summed E-state index contributed by atoms with van der Waals surface area (Å²) in [6.45, 7) is 5.08. The third kappa shape index (κ3) is 4.37. The van der Waals surface area contributed by atoms with Gasteiger partial charge in [0.2, 0.25) is 0 Å². The van der Waals surface area contributed by atoms with Gasteiger partial charge in [0.25, 0.3) is 5.91 Å². The fraction of sp³-hybridized carbons (Fsp3) is 0.190. The first-order valence-electron chi connectivity index (χ1n) is 8.74. The number of ether oxygens (including phenoxy) is 1. The fourth-order valence-electron chi connectivity index (χ4n) is 2.60. The molecule has 3 aromatic rings. The van der Waals surface area contributed by atoms with Gasteiger partial charge in [-0.05, 0) is 50.6 Å². The van der Waals surface area contributed by atoms with Gasteiger partial charge in [0.1, 0.15) is 11.6 Å². The van der Waals surface area contributed by atoms with Crippen LogP contribution in [-0.2, 0) is 9.53 Å². The van der Waals surface area contributed by atoms with Crippen molar-refractivity contribution in [3.63, 3.8) is 0 Å². The Bertz CT molecular complexity index is 1020. The Morgan fingerprint density at radius 3 is 2.46 bits per heavy atom. The SMILES string of the molecule is Cc1ccc(-n2nc(C)cc2NC(=O)COC(=O)c2ccc(C)c(O)c2)cc1. The number of aryl methyl sites for hydroxylation is 3. The average Bonchev–Trinajstić information content (AvgIpc) is 3.02. The van der Waals surface area contributed by atoms with Crippen LogP contribution in [0.15, 0.2) is 48.5 Å². The van der Waals surface area contributed by atoms with E-state index in [2.05, 4.69) is 10.4 Å². The van der Waals surface area contributed by atoms with Crippen LogP contribution in [0.4, 0.5) is 5.82 Å². The van der Waals surface area contributed by atoms with E-state index in [-0.39, 0.29) is 11.3 Å². The number of hydrogen-bond acceptors (Lipinski definition) is 5. The summed E-state index contributed by atoms with van der Waals surface area (Å²) < 4.78 is 6.65. The van der Waals surface area contributed by atoms with Crippen LogP contribution in [0.1, 0.15) is 27.2 Å². The van der Waals surface area contributed by atoms with E-state index >= 15 is 0 Å². The number of aromatic hydroxyl groups is 1. The highest BCUT2D eigenvalue weighted by Crippen LogP contribution is 2.19. The van der Waals surface area contributed by atoms with Crippen LogP contribution in [0, 0.1) is 20.8 Å². The molecule has 0 fully saturated rings. The van der Waals surface area contributed by atoms with Crippen LogP contribution in [0.2, 0.25) is 0 Å². The highest BCUT2D eigenvalue weighted by atomic mass is 16.5. The number of esters is 1. The van der Waals surface area contributed by atoms with Crippen LogP contribution in [-0.4, -0.2) is 33.4 Å². The predicted octanol–water partition coefficient (Wildman–Crippen LogP) is 3.30. The smallest absolute Gasteiger partial charge is 0.338 e. The van der Waals surface area contributed by atoms with Gasteiger partial charge in [0, 0.05) is 6.07 Å². The molecule has 0 radical (unpaired) electrons. The van der Waals surface area contributed by atoms with Crippen molar-refractivity contribution in [2.24, 2.45) is 0 Å². The fourth-order valence-corrected chi connectivity index (χ4v) is 2.60. The lowest BCUT2D eigenvalue weighted by Gasteiger charge is -2.10. The van der Waals surface area contributed by atoms with Crippen molar-refractivity contribution in [3.05, 3.63) is 70.9 Å². The normalized spacial score (nSPS) is 10.5. The number of nitrogens with zero attached hydrogens (tertiary/aromatic N) is 2. The number of phenolic OH excluding ortho intramolecular Hbond substituents is 1. The largest absolute Gasteiger partial charge is 0.508 e. The van der Waals surface area contributed by atoms with Gasteiger partial charge in [-0.25, -0.2) is 9.48 Å². The van der Waals surface area contributed by atoms with Crippen LogP contribution in [0.5, 0.6) is 5.75 Å². The van der Waals surface area contributed by atoms with Crippen molar-refractivity contribution in [1.82, 2.24) is 9.78 Å². The van der Waals surface area contributed by atoms with Gasteiger partial charge in [0.05, 0.1) is 16.9 Å². The van der Waals surface area contributed by atoms with Crippen molar-refractivity contribution in [1.29, 1.82) is 0 Å². The lowest BCUT2D eigenvalue weighted by atomic mass is 10.1. The van der Waals surface area contributed by atoms with Crippen molar-refractivity contribution >= 4 is 17.7 Å². The van der Waals surface area contributed by atoms with Crippen LogP contribution in [0.3, 0.4) is 0 Å². The molecule has 0 aliphatic heterocycles. The van der Waals surface area contributed by atoms with Crippen molar-refractivity contribution in [2.75, 3.05) is 11.9 Å². The second-order valence-electron chi connectivity index (χ2n) is 6.54. The van der Waals surface area contributed by atoms with Gasteiger partial charge in [-0.2, -0.15) is 5.10 Å². The van der Waals surface area contributed by atoms with E-state index in [1.165, 1.54) is 12.1 Å². The summed E-state index contributed by atoms with van der Waals surface area (Å²) in [4.78, 5) is 24.3. The van der Waals surface area contributed by atoms with Gasteiger partial charge in [-0.1, -0.05) is 23.8 Å². The summed E-state index contributed by atoms with van der Waals surface area (Å²) in [6.07, 6.45) is 0. The topological polar surface area (TPSA) is 93.5 Å². The van der Waals surface area contributed by atoms with E-state index in [1.54, 1.807) is 23.7 Å². The zero-order valence-corrected chi connectivity index (χ0v) is 15.9. The average molecular weight is 379 g/mol. The lowest BCUT2D eigenvalue weighted by Crippen LogP contribution is -2.22. The van der Waals surface area contributed by atoms with Gasteiger partial charge >= 0.3 is 5.97 Å². The number of anilines is 1. The summed E-state index contributed by atoms with van der Waals surface area (Å²) in [5, 5.41) is 16.8. The minimum Gasteiger partial charge on any atom is -0.508 e. The van der Waals surface area contributed by atoms with E-state index in [1.807, 2.05) is 38.1 Å². The molecular weight excluding hydrogens is 358 g/mol. The molecule has 3 rings (SSSR count). The Morgan fingerprint density at radius 2 is 1.79 bits per heavy atom. The zero-order valence-electron chi connectivity index (χ0n) is 15.9. The first-order chi connectivity index (χ1) is 13.3. The van der Waals surface area contributed by atoms with Crippen LogP contribution in [0.25, 0.3) is 5.69 Å². The molecule has 1 heterocycles. The summed E-state index contributed by atoms with van der Waals surface area (Å²) in [5.74, 6) is -0.696. The van der Waals surface area contributed by atoms with Crippen molar-refractivity contribution < 1.29 is 19.4 Å². The predicted molar refractivity (Wildman–Crippen MR) is 105 cm³/mol. The minimum atomic E-state index is -0.686. The molecule has 144 valence electrons. The lowest BCUT2D eigenvalue weighted by molar-refractivity contribution is -0.119. The quantitative estimate of drug-likeness (QED) is 0.664. The summed E-state index contributed by atoms with van der Waals surface area (Å²) in [6, 6.07) is 13.9. The Hall–Kier alpha value is -3.61. The molecule has 0 saturated heterocycles. The first-order valence-corrected chi connectivity index (χ1v) is 8.74. The zero-order chi connectivity index (χ0) is 20.3. The van der Waals surface area contributed by atoms with E-state index in [4.69, 9.17) is 4.74 Å². The van der Waals surface area contributed by atoms with Gasteiger partial charge in [-0.15, -0.1) is 0 Å². The molecule has 0 aliphatic carbocycles. The van der Waals surface area contributed by atoms with Gasteiger partial charge in [0.15, 0.2) is 6.61 Å². The molecule has 7 heteroatoms. The van der Waals surface area contributed by atoms with E-state index in [0.29, 0.717) is 11.4 Å². The monoisotopic (exact) mass is 379 g/mol. The summed E-state index contributed by atoms with van der Waals surface area (Å²) in [5.41, 5.74) is 3.49. The number of rotatable bonds is 5. The Morgan fingerprint density at radius 1 is 1.07 bits per heavy atom. The number of carbonyl (C=O) groups excluding carboxylic acids is 2.